The van der Waals surface area contributed by atoms with E-state index in [9.17, 15) is 0 Å². The molecule has 0 aliphatic heterocycles. The summed E-state index contributed by atoms with van der Waals surface area (Å²) in [5, 5.41) is 11.5. The Morgan fingerprint density at radius 1 is 1.60 bits per heavy atom. The number of allylic oxidation sites excluding steroid dienone is 1. The van der Waals surface area contributed by atoms with Gasteiger partial charge in [-0.3, -0.25) is 0 Å². The average Bonchev–Trinajstić information content (AvgIpc) is 2.18. The van der Waals surface area contributed by atoms with Gasteiger partial charge in [-0.1, -0.05) is 24.3 Å². The first kappa shape index (κ1) is 11.2. The maximum absolute atomic E-state index is 8.37. The fraction of sp³-hybridized carbons (Fsp3) is 0.0909. The fourth-order valence-corrected chi connectivity index (χ4v) is 1.23. The molecule has 1 aromatic carbocycles. The van der Waals surface area contributed by atoms with Gasteiger partial charge in [-0.15, -0.1) is 0 Å². The molecule has 0 unspecified atom stereocenters. The van der Waals surface area contributed by atoms with Crippen molar-refractivity contribution in [3.63, 3.8) is 0 Å². The van der Waals surface area contributed by atoms with Crippen LogP contribution >= 0.6 is 12.2 Å². The maximum atomic E-state index is 8.37. The first-order valence-electron chi connectivity index (χ1n) is 4.42. The molecule has 76 valence electrons. The van der Waals surface area contributed by atoms with Crippen LogP contribution in [-0.2, 0) is 0 Å². The highest BCUT2D eigenvalue weighted by molar-refractivity contribution is 7.80. The molecular weight excluding hydrogens is 206 g/mol. The van der Waals surface area contributed by atoms with Crippen molar-refractivity contribution < 1.29 is 0 Å². The Morgan fingerprint density at radius 2 is 2.40 bits per heavy atom. The number of rotatable bonds is 3. The van der Waals surface area contributed by atoms with Crippen LogP contribution < -0.4 is 11.1 Å². The summed E-state index contributed by atoms with van der Waals surface area (Å²) in [7, 11) is 0. The van der Waals surface area contributed by atoms with Crippen molar-refractivity contribution in [3.05, 3.63) is 35.9 Å². The van der Waals surface area contributed by atoms with Crippen molar-refractivity contribution in [2.45, 2.75) is 6.42 Å². The Bertz CT molecular complexity index is 418. The number of anilines is 1. The van der Waals surface area contributed by atoms with Gasteiger partial charge in [0, 0.05) is 5.69 Å². The van der Waals surface area contributed by atoms with Crippen LogP contribution in [0.4, 0.5) is 5.69 Å². The smallest absolute Gasteiger partial charge is 0.168 e. The van der Waals surface area contributed by atoms with Crippen molar-refractivity contribution >= 4 is 29.1 Å². The summed E-state index contributed by atoms with van der Waals surface area (Å²) in [6, 6.07) is 9.67. The largest absolute Gasteiger partial charge is 0.376 e. The first-order chi connectivity index (χ1) is 7.22. The standard InChI is InChI=1S/C11H11N3S/c12-7-2-1-4-9-5-3-6-10(8-9)14-11(13)15/h1,3-6,8H,2H2,(H3,13,14,15). The van der Waals surface area contributed by atoms with Crippen LogP contribution in [0.2, 0.25) is 0 Å². The molecule has 0 saturated heterocycles. The maximum Gasteiger partial charge on any atom is 0.168 e. The lowest BCUT2D eigenvalue weighted by molar-refractivity contribution is 1.36. The van der Waals surface area contributed by atoms with Crippen molar-refractivity contribution in [2.24, 2.45) is 5.73 Å². The van der Waals surface area contributed by atoms with Gasteiger partial charge in [-0.05, 0) is 29.9 Å². The van der Waals surface area contributed by atoms with E-state index < -0.39 is 0 Å². The van der Waals surface area contributed by atoms with Gasteiger partial charge in [0.2, 0.25) is 0 Å². The molecule has 15 heavy (non-hydrogen) atoms. The predicted molar refractivity (Wildman–Crippen MR) is 66.1 cm³/mol. The van der Waals surface area contributed by atoms with Gasteiger partial charge in [0.15, 0.2) is 5.11 Å². The zero-order chi connectivity index (χ0) is 11.1. The minimum Gasteiger partial charge on any atom is -0.376 e. The number of benzene rings is 1. The molecule has 3 nitrogen and oxygen atoms in total. The van der Waals surface area contributed by atoms with E-state index in [1.165, 1.54) is 0 Å². The summed E-state index contributed by atoms with van der Waals surface area (Å²) >= 11 is 4.73. The van der Waals surface area contributed by atoms with Gasteiger partial charge in [0.1, 0.15) is 0 Å². The predicted octanol–water partition coefficient (Wildman–Crippen LogP) is 2.27. The molecular formula is C11H11N3S. The fourth-order valence-electron chi connectivity index (χ4n) is 1.11. The number of nitrogens with zero attached hydrogens (tertiary/aromatic N) is 1. The Balaban J connectivity index is 2.74. The number of nitrogens with two attached hydrogens (primary N) is 1. The summed E-state index contributed by atoms with van der Waals surface area (Å²) in [6.45, 7) is 0. The molecule has 0 bridgehead atoms. The van der Waals surface area contributed by atoms with Gasteiger partial charge in [-0.25, -0.2) is 0 Å². The lowest BCUT2D eigenvalue weighted by Crippen LogP contribution is -2.18. The summed E-state index contributed by atoms with van der Waals surface area (Å²) < 4.78 is 0. The van der Waals surface area contributed by atoms with Crippen molar-refractivity contribution in [3.8, 4) is 6.07 Å². The summed E-state index contributed by atoms with van der Waals surface area (Å²) in [5.74, 6) is 0. The van der Waals surface area contributed by atoms with Crippen molar-refractivity contribution in [1.29, 1.82) is 5.26 Å². The summed E-state index contributed by atoms with van der Waals surface area (Å²) in [6.07, 6.45) is 4.10. The zero-order valence-corrected chi connectivity index (χ0v) is 8.92. The molecule has 0 aliphatic rings. The van der Waals surface area contributed by atoms with Crippen LogP contribution in [0, 0.1) is 11.3 Å². The van der Waals surface area contributed by atoms with Crippen molar-refractivity contribution in [1.82, 2.24) is 0 Å². The van der Waals surface area contributed by atoms with E-state index in [1.54, 1.807) is 6.08 Å². The molecule has 0 atom stereocenters. The van der Waals surface area contributed by atoms with E-state index in [2.05, 4.69) is 5.32 Å². The van der Waals surface area contributed by atoms with Crippen LogP contribution in [0.5, 0.6) is 0 Å². The minimum absolute atomic E-state index is 0.244. The quantitative estimate of drug-likeness (QED) is 0.762. The van der Waals surface area contributed by atoms with Crippen molar-refractivity contribution in [2.75, 3.05) is 5.32 Å². The number of nitriles is 1. The molecule has 1 rings (SSSR count). The van der Waals surface area contributed by atoms with Crippen LogP contribution in [0.3, 0.4) is 0 Å². The van der Waals surface area contributed by atoms with E-state index in [4.69, 9.17) is 23.2 Å². The number of nitrogens with one attached hydrogen (secondary N) is 1. The van der Waals surface area contributed by atoms with E-state index in [0.717, 1.165) is 11.3 Å². The Kier molecular flexibility index (Phi) is 4.32. The average molecular weight is 217 g/mol. The third kappa shape index (κ3) is 4.25. The Labute approximate surface area is 94.2 Å². The highest BCUT2D eigenvalue weighted by Gasteiger charge is 1.93. The molecule has 0 heterocycles. The Morgan fingerprint density at radius 3 is 3.07 bits per heavy atom. The molecule has 0 radical (unpaired) electrons. The molecule has 0 spiro atoms. The number of hydrogen-bond donors (Lipinski definition) is 2. The minimum atomic E-state index is 0.244. The molecule has 4 heteroatoms. The second-order valence-electron chi connectivity index (χ2n) is 2.88. The number of hydrogen-bond acceptors (Lipinski definition) is 2. The molecule has 0 saturated carbocycles. The lowest BCUT2D eigenvalue weighted by atomic mass is 10.2. The van der Waals surface area contributed by atoms with Crippen LogP contribution in [-0.4, -0.2) is 5.11 Å². The van der Waals surface area contributed by atoms with Gasteiger partial charge >= 0.3 is 0 Å². The topological polar surface area (TPSA) is 61.8 Å². The Hall–Kier alpha value is -1.86. The van der Waals surface area contributed by atoms with E-state index in [-0.39, 0.29) is 5.11 Å². The van der Waals surface area contributed by atoms with E-state index in [1.807, 2.05) is 36.4 Å². The SMILES string of the molecule is N#CCC=Cc1cccc(NC(N)=S)c1. The third-order valence-electron chi connectivity index (χ3n) is 1.67. The molecule has 0 aromatic heterocycles. The normalized spacial score (nSPS) is 9.80. The highest BCUT2D eigenvalue weighted by atomic mass is 32.1. The van der Waals surface area contributed by atoms with E-state index in [0.29, 0.717) is 6.42 Å². The van der Waals surface area contributed by atoms with Crippen LogP contribution in [0.25, 0.3) is 6.08 Å². The molecule has 3 N–H and O–H groups in total. The monoisotopic (exact) mass is 217 g/mol. The molecule has 1 aromatic rings. The zero-order valence-electron chi connectivity index (χ0n) is 8.10. The summed E-state index contributed by atoms with van der Waals surface area (Å²) in [5.41, 5.74) is 7.21. The van der Waals surface area contributed by atoms with E-state index >= 15 is 0 Å². The van der Waals surface area contributed by atoms with Gasteiger partial charge < -0.3 is 11.1 Å². The first-order valence-corrected chi connectivity index (χ1v) is 4.83. The second kappa shape index (κ2) is 5.78. The second-order valence-corrected chi connectivity index (χ2v) is 3.32. The van der Waals surface area contributed by atoms with Gasteiger partial charge in [0.25, 0.3) is 0 Å². The lowest BCUT2D eigenvalue weighted by Gasteiger charge is -2.03. The van der Waals surface area contributed by atoms with Gasteiger partial charge in [-0.2, -0.15) is 5.26 Å². The van der Waals surface area contributed by atoms with Crippen LogP contribution in [0.1, 0.15) is 12.0 Å². The van der Waals surface area contributed by atoms with Crippen LogP contribution in [0.15, 0.2) is 30.3 Å². The van der Waals surface area contributed by atoms with Gasteiger partial charge in [0.05, 0.1) is 12.5 Å². The molecule has 0 amide bonds. The molecule has 0 aliphatic carbocycles. The number of thiocarbonyl (C=S) groups is 1. The molecule has 0 fully saturated rings. The highest BCUT2D eigenvalue weighted by Crippen LogP contribution is 2.11. The third-order valence-corrected chi connectivity index (χ3v) is 1.78. The summed E-state index contributed by atoms with van der Waals surface area (Å²) in [4.78, 5) is 0.